The Kier molecular flexibility index (Phi) is 423. The Morgan fingerprint density at radius 1 is 1.12 bits per heavy atom. The molecule has 0 bridgehead atoms. The van der Waals surface area contributed by atoms with Crippen molar-refractivity contribution < 1.29 is 79.1 Å². The van der Waals surface area contributed by atoms with Gasteiger partial charge in [0.2, 0.25) is 0 Å². The fraction of sp³-hybridized carbons (Fsp3) is 0. The van der Waals surface area contributed by atoms with E-state index in [4.69, 9.17) is 0 Å². The summed E-state index contributed by atoms with van der Waals surface area (Å²) in [4.78, 5) is 0. The summed E-state index contributed by atoms with van der Waals surface area (Å²) < 4.78 is 0. The Bertz CT molecular complexity index is 29.2. The Balaban J connectivity index is -0.000000000179. The average Bonchev–Trinajstić information content (AvgIpc) is 1.00. The third-order valence-electron chi connectivity index (χ3n) is 0. The maximum absolute atomic E-state index is 1.44. The molecule has 0 amide bonds. The van der Waals surface area contributed by atoms with E-state index >= 15 is 0 Å². The molecule has 0 aliphatic rings. The molecular weight excluding hydrogens is 689 g/mol. The summed E-state index contributed by atoms with van der Waals surface area (Å²) in [5, 5.41) is 0. The van der Waals surface area contributed by atoms with Crippen LogP contribution in [0.15, 0.2) is 0 Å². The molecule has 0 nitrogen and oxygen atoms in total. The van der Waals surface area contributed by atoms with Crippen LogP contribution in [0, 0.1) is 0 Å². The molecule has 0 heterocycles. The van der Waals surface area contributed by atoms with Gasteiger partial charge in [0.15, 0.2) is 0 Å². The van der Waals surface area contributed by atoms with Gasteiger partial charge >= 0.3 is 50.4 Å². The average molecular weight is 700 g/mol. The summed E-state index contributed by atoms with van der Waals surface area (Å²) in [6.07, 6.45) is 0. The van der Waals surface area contributed by atoms with Crippen LogP contribution in [-0.4, -0.2) is 69.9 Å². The van der Waals surface area contributed by atoms with Crippen LogP contribution in [0.4, 0.5) is 0 Å². The minimum absolute atomic E-state index is 0. The van der Waals surface area contributed by atoms with Crippen LogP contribution in [0.5, 0.6) is 0 Å². The van der Waals surface area contributed by atoms with Crippen LogP contribution in [0.1, 0.15) is 2.85 Å². The number of rotatable bonds is 0. The first-order chi connectivity index (χ1) is 1.00. The first-order valence-electron chi connectivity index (χ1n) is 1.00. The smallest absolute Gasteiger partial charge is 0 e. The molecule has 0 aromatic rings. The monoisotopic (exact) mass is 702 g/mol. The molecule has 0 unspecified atom stereocenters. The van der Waals surface area contributed by atoms with Crippen molar-refractivity contribution >= 4 is 69.9 Å². The predicted molar refractivity (Wildman–Crippen MR) is 36.4 cm³/mol. The van der Waals surface area contributed by atoms with Gasteiger partial charge < -0.3 is 2.85 Å². The second kappa shape index (κ2) is 62.2. The van der Waals surface area contributed by atoms with Crippen LogP contribution in [-0.2, 0) is 76.3 Å². The van der Waals surface area contributed by atoms with Crippen LogP contribution < -0.4 is 0 Å². The molecule has 0 saturated carbocycles. The van der Waals surface area contributed by atoms with Gasteiger partial charge in [-0.2, -0.15) is 0 Å². The normalized spacial score (nSPS) is 1.50. The van der Waals surface area contributed by atoms with Crippen molar-refractivity contribution in [2.24, 2.45) is 0 Å². The Labute approximate surface area is 146 Å². The third kappa shape index (κ3) is 46.6. The minimum Gasteiger partial charge on any atom is -0.0125 e. The summed E-state index contributed by atoms with van der Waals surface area (Å²) in [5.74, 6) is 0. The summed E-state index contributed by atoms with van der Waals surface area (Å²) in [7, 11) is 2.89. The Morgan fingerprint density at radius 2 is 1.12 bits per heavy atom. The van der Waals surface area contributed by atoms with Gasteiger partial charge in [-0.25, -0.2) is 0 Å². The molecule has 8 heavy (non-hydrogen) atoms. The van der Waals surface area contributed by atoms with Crippen LogP contribution in [0.2, 0.25) is 0 Å². The Hall–Kier alpha value is 4.54. The molecular formula is H10FeMgMnMoPbPtSi2. The summed E-state index contributed by atoms with van der Waals surface area (Å²) in [6.45, 7) is 0. The maximum Gasteiger partial charge on any atom is 0 e. The summed E-state index contributed by atoms with van der Waals surface area (Å²) in [6, 6.07) is 0. The van der Waals surface area contributed by atoms with E-state index in [2.05, 4.69) is 0 Å². The van der Waals surface area contributed by atoms with Crippen LogP contribution in [0.25, 0.3) is 0 Å². The molecule has 8 heteroatoms. The number of hydrogen-bond donors (Lipinski definition) is 0. The largest absolute Gasteiger partial charge is 0.0125 e. The van der Waals surface area contributed by atoms with Gasteiger partial charge in [-0.3, -0.25) is 0 Å². The molecule has 0 aromatic carbocycles. The van der Waals surface area contributed by atoms with Crippen molar-refractivity contribution in [1.29, 1.82) is 0 Å². The molecule has 0 aliphatic heterocycles. The summed E-state index contributed by atoms with van der Waals surface area (Å²) in [5.41, 5.74) is 0. The van der Waals surface area contributed by atoms with Crippen molar-refractivity contribution in [3.05, 3.63) is 0 Å². The van der Waals surface area contributed by atoms with Crippen molar-refractivity contribution in [2.75, 3.05) is 0 Å². The van der Waals surface area contributed by atoms with Gasteiger partial charge in [-0.05, 0) is 19.5 Å². The van der Waals surface area contributed by atoms with Gasteiger partial charge in [0.25, 0.3) is 0 Å². The molecule has 3 radical (unpaired) electrons. The van der Waals surface area contributed by atoms with Crippen LogP contribution >= 0.6 is 0 Å². The minimum atomic E-state index is 0. The van der Waals surface area contributed by atoms with Gasteiger partial charge in [0, 0.05) is 76.3 Å². The van der Waals surface area contributed by atoms with E-state index in [9.17, 15) is 0 Å². The molecule has 0 aromatic heterocycles. The molecule has 0 fully saturated rings. The summed E-state index contributed by atoms with van der Waals surface area (Å²) >= 11 is 0. The van der Waals surface area contributed by atoms with E-state index in [-0.39, 0.29) is 129 Å². The molecule has 0 aliphatic carbocycles. The van der Waals surface area contributed by atoms with Crippen molar-refractivity contribution in [3.63, 3.8) is 0 Å². The quantitative estimate of drug-likeness (QED) is 0.231. The van der Waals surface area contributed by atoms with E-state index in [0.717, 1.165) is 0 Å². The predicted octanol–water partition coefficient (Wildman–Crippen LogP) is -3.45. The van der Waals surface area contributed by atoms with E-state index in [1.54, 1.807) is 0 Å². The second-order valence-electron chi connectivity index (χ2n) is 0. The third-order valence-corrected chi connectivity index (χ3v) is 0. The van der Waals surface area contributed by atoms with E-state index < -0.39 is 0 Å². The molecule has 0 atom stereocenters. The van der Waals surface area contributed by atoms with Crippen molar-refractivity contribution in [3.8, 4) is 0 Å². The molecule has 0 rings (SSSR count). The molecule has 0 spiro atoms. The first-order valence-corrected chi connectivity index (χ1v) is 9.00. The van der Waals surface area contributed by atoms with E-state index in [1.807, 2.05) is 0 Å². The van der Waals surface area contributed by atoms with Gasteiger partial charge in [0.1, 0.15) is 0 Å². The molecule has 0 saturated heterocycles. The standard InChI is InChI=1S/Fe.Mg.Mn.Mo.Pb.Pt.H6Si2.4H/c;;;;;;1-2;;;;/h;;;;;;1-2H3;;;;/q;+2;;;;;;;;2*-1. The van der Waals surface area contributed by atoms with Gasteiger partial charge in [-0.15, -0.1) is 0 Å². The SMILES string of the molecule is [Fe].[H-].[H-].[Mg+2].[Mn].[Mo].[PbH2].[Pt].[SiH3][SiH3]. The zero-order valence-electron chi connectivity index (χ0n) is 6.87. The van der Waals surface area contributed by atoms with Crippen LogP contribution in [0.3, 0.4) is 0 Å². The zero-order chi connectivity index (χ0) is 2.00. The van der Waals surface area contributed by atoms with Gasteiger partial charge in [0.05, 0.1) is 0 Å². The zero-order valence-corrected chi connectivity index (χ0v) is 22.3. The van der Waals surface area contributed by atoms with Crippen molar-refractivity contribution in [2.45, 2.75) is 0 Å². The van der Waals surface area contributed by atoms with Crippen molar-refractivity contribution in [1.82, 2.24) is 0 Å². The molecule has 0 N–H and O–H groups in total. The van der Waals surface area contributed by atoms with Gasteiger partial charge in [-0.1, -0.05) is 0 Å². The van der Waals surface area contributed by atoms with E-state index in [0.29, 0.717) is 0 Å². The first kappa shape index (κ1) is 54.4. The Morgan fingerprint density at radius 3 is 1.12 bits per heavy atom. The topological polar surface area (TPSA) is 0 Å². The fourth-order valence-corrected chi connectivity index (χ4v) is 0. The second-order valence-corrected chi connectivity index (χ2v) is 0. The maximum atomic E-state index is 1.44. The fourth-order valence-electron chi connectivity index (χ4n) is 0. The number of hydrogen-bond acceptors (Lipinski definition) is 0. The van der Waals surface area contributed by atoms with E-state index in [1.165, 1.54) is 19.5 Å². The molecule has 55 valence electrons.